The third-order valence-corrected chi connectivity index (χ3v) is 5.92. The summed E-state index contributed by atoms with van der Waals surface area (Å²) in [6.07, 6.45) is 2.07. The van der Waals surface area contributed by atoms with Gasteiger partial charge in [0.05, 0.1) is 24.5 Å². The van der Waals surface area contributed by atoms with Crippen LogP contribution in [0.2, 0.25) is 0 Å². The van der Waals surface area contributed by atoms with E-state index in [1.807, 2.05) is 76.3 Å². The number of carbonyl (C=O) groups is 1. The molecule has 1 atom stereocenters. The van der Waals surface area contributed by atoms with Gasteiger partial charge >= 0.3 is 0 Å². The molecule has 1 amide bonds. The molecular formula is C25H24N4O2. The molecule has 5 rings (SSSR count). The van der Waals surface area contributed by atoms with Gasteiger partial charge in [-0.15, -0.1) is 0 Å². The Labute approximate surface area is 181 Å². The molecule has 1 aliphatic rings. The van der Waals surface area contributed by atoms with Crippen LogP contribution in [-0.4, -0.2) is 38.8 Å². The van der Waals surface area contributed by atoms with Crippen LogP contribution in [0.4, 0.5) is 0 Å². The van der Waals surface area contributed by atoms with E-state index in [0.717, 1.165) is 34.9 Å². The van der Waals surface area contributed by atoms with Crippen LogP contribution in [0.15, 0.2) is 79.0 Å². The normalized spacial score (nSPS) is 15.5. The van der Waals surface area contributed by atoms with Crippen molar-refractivity contribution in [3.63, 3.8) is 0 Å². The fourth-order valence-corrected chi connectivity index (χ4v) is 4.22. The van der Waals surface area contributed by atoms with Gasteiger partial charge in [-0.3, -0.25) is 4.79 Å². The standard InChI is InChI=1S/C25H24N4O2/c1-18-23-9-6-14-27(23)15-16-28(18)25(30)22-17-24(19-10-12-21(31-2)13-11-19)29(26-22)20-7-4-3-5-8-20/h3-14,17-18H,15-16H2,1-2H3. The first-order valence-electron chi connectivity index (χ1n) is 10.4. The summed E-state index contributed by atoms with van der Waals surface area (Å²) < 4.78 is 9.34. The highest BCUT2D eigenvalue weighted by atomic mass is 16.5. The van der Waals surface area contributed by atoms with Crippen molar-refractivity contribution in [1.82, 2.24) is 19.2 Å². The number of methoxy groups -OCH3 is 1. The van der Waals surface area contributed by atoms with Gasteiger partial charge in [-0.05, 0) is 61.5 Å². The first-order valence-corrected chi connectivity index (χ1v) is 10.4. The van der Waals surface area contributed by atoms with Crippen LogP contribution < -0.4 is 4.74 Å². The van der Waals surface area contributed by atoms with E-state index in [9.17, 15) is 4.79 Å². The minimum atomic E-state index is -0.0515. The molecule has 0 N–H and O–H groups in total. The monoisotopic (exact) mass is 412 g/mol. The quantitative estimate of drug-likeness (QED) is 0.494. The lowest BCUT2D eigenvalue weighted by molar-refractivity contribution is 0.0637. The molecule has 1 unspecified atom stereocenters. The number of ether oxygens (including phenoxy) is 1. The molecule has 1 aliphatic heterocycles. The fraction of sp³-hybridized carbons (Fsp3) is 0.200. The van der Waals surface area contributed by atoms with Crippen LogP contribution in [0.3, 0.4) is 0 Å². The minimum Gasteiger partial charge on any atom is -0.497 e. The molecular weight excluding hydrogens is 388 g/mol. The lowest BCUT2D eigenvalue weighted by Crippen LogP contribution is -2.40. The van der Waals surface area contributed by atoms with Crippen molar-refractivity contribution >= 4 is 5.91 Å². The second-order valence-electron chi connectivity index (χ2n) is 7.69. The van der Waals surface area contributed by atoms with E-state index in [1.165, 1.54) is 0 Å². The lowest BCUT2D eigenvalue weighted by Gasteiger charge is -2.34. The van der Waals surface area contributed by atoms with Gasteiger partial charge < -0.3 is 14.2 Å². The summed E-state index contributed by atoms with van der Waals surface area (Å²) in [7, 11) is 1.65. The number of carbonyl (C=O) groups excluding carboxylic acids is 1. The van der Waals surface area contributed by atoms with Crippen molar-refractivity contribution in [2.24, 2.45) is 0 Å². The van der Waals surface area contributed by atoms with Crippen molar-refractivity contribution in [3.05, 3.63) is 90.4 Å². The molecule has 2 aromatic carbocycles. The zero-order chi connectivity index (χ0) is 21.4. The highest BCUT2D eigenvalue weighted by molar-refractivity contribution is 5.94. The Morgan fingerprint density at radius 2 is 1.77 bits per heavy atom. The number of hydrogen-bond acceptors (Lipinski definition) is 3. The molecule has 0 aliphatic carbocycles. The van der Waals surface area contributed by atoms with Gasteiger partial charge in [0, 0.05) is 30.5 Å². The van der Waals surface area contributed by atoms with Gasteiger partial charge in [0.1, 0.15) is 5.75 Å². The number of para-hydroxylation sites is 1. The SMILES string of the molecule is COc1ccc(-c2cc(C(=O)N3CCn4cccc4C3C)nn2-c2ccccc2)cc1. The van der Waals surface area contributed by atoms with Gasteiger partial charge in [-0.2, -0.15) is 5.10 Å². The van der Waals surface area contributed by atoms with Gasteiger partial charge in [0.15, 0.2) is 5.69 Å². The zero-order valence-electron chi connectivity index (χ0n) is 17.6. The van der Waals surface area contributed by atoms with E-state index >= 15 is 0 Å². The highest BCUT2D eigenvalue weighted by Crippen LogP contribution is 2.30. The molecule has 0 spiro atoms. The highest BCUT2D eigenvalue weighted by Gasteiger charge is 2.30. The summed E-state index contributed by atoms with van der Waals surface area (Å²) in [5.41, 5.74) is 4.34. The number of rotatable bonds is 4. The molecule has 3 heterocycles. The molecule has 0 saturated carbocycles. The summed E-state index contributed by atoms with van der Waals surface area (Å²) in [6.45, 7) is 3.53. The molecule has 0 bridgehead atoms. The van der Waals surface area contributed by atoms with Crippen LogP contribution in [0, 0.1) is 0 Å². The van der Waals surface area contributed by atoms with Crippen molar-refractivity contribution in [2.75, 3.05) is 13.7 Å². The van der Waals surface area contributed by atoms with Crippen molar-refractivity contribution in [2.45, 2.75) is 19.5 Å². The maximum atomic E-state index is 13.5. The topological polar surface area (TPSA) is 52.3 Å². The second kappa shape index (κ2) is 7.80. The predicted molar refractivity (Wildman–Crippen MR) is 119 cm³/mol. The molecule has 31 heavy (non-hydrogen) atoms. The molecule has 0 saturated heterocycles. The van der Waals surface area contributed by atoms with E-state index in [1.54, 1.807) is 7.11 Å². The van der Waals surface area contributed by atoms with E-state index in [0.29, 0.717) is 12.2 Å². The van der Waals surface area contributed by atoms with Gasteiger partial charge in [0.25, 0.3) is 5.91 Å². The number of aromatic nitrogens is 3. The molecule has 2 aromatic heterocycles. The number of nitrogens with zero attached hydrogens (tertiary/aromatic N) is 4. The Morgan fingerprint density at radius 1 is 1.00 bits per heavy atom. The van der Waals surface area contributed by atoms with Crippen LogP contribution in [0.25, 0.3) is 16.9 Å². The van der Waals surface area contributed by atoms with Crippen LogP contribution in [-0.2, 0) is 6.54 Å². The Balaban J connectivity index is 1.55. The molecule has 6 heteroatoms. The third-order valence-electron chi connectivity index (χ3n) is 5.92. The number of fused-ring (bicyclic) bond motifs is 1. The van der Waals surface area contributed by atoms with Crippen molar-refractivity contribution < 1.29 is 9.53 Å². The molecule has 4 aromatic rings. The Hall–Kier alpha value is -3.80. The van der Waals surface area contributed by atoms with Crippen LogP contribution in [0.5, 0.6) is 5.75 Å². The van der Waals surface area contributed by atoms with E-state index in [-0.39, 0.29) is 11.9 Å². The van der Waals surface area contributed by atoms with Gasteiger partial charge in [-0.1, -0.05) is 18.2 Å². The fourth-order valence-electron chi connectivity index (χ4n) is 4.22. The van der Waals surface area contributed by atoms with Crippen molar-refractivity contribution in [3.8, 4) is 22.7 Å². The van der Waals surface area contributed by atoms with E-state index < -0.39 is 0 Å². The second-order valence-corrected chi connectivity index (χ2v) is 7.69. The Kier molecular flexibility index (Phi) is 4.82. The third kappa shape index (κ3) is 3.40. The average Bonchev–Trinajstić information content (AvgIpc) is 3.48. The van der Waals surface area contributed by atoms with Crippen LogP contribution in [0.1, 0.15) is 29.1 Å². The van der Waals surface area contributed by atoms with Crippen LogP contribution >= 0.6 is 0 Å². The maximum Gasteiger partial charge on any atom is 0.275 e. The average molecular weight is 412 g/mol. The molecule has 0 radical (unpaired) electrons. The number of hydrogen-bond donors (Lipinski definition) is 0. The lowest BCUT2D eigenvalue weighted by atomic mass is 10.1. The summed E-state index contributed by atoms with van der Waals surface area (Å²) in [4.78, 5) is 15.4. The van der Waals surface area contributed by atoms with Gasteiger partial charge in [0.2, 0.25) is 0 Å². The molecule has 6 nitrogen and oxygen atoms in total. The predicted octanol–water partition coefficient (Wildman–Crippen LogP) is 4.57. The van der Waals surface area contributed by atoms with E-state index in [4.69, 9.17) is 9.84 Å². The summed E-state index contributed by atoms with van der Waals surface area (Å²) in [5, 5.41) is 4.74. The molecule has 156 valence electrons. The first kappa shape index (κ1) is 19.2. The first-order chi connectivity index (χ1) is 15.2. The van der Waals surface area contributed by atoms with Crippen molar-refractivity contribution in [1.29, 1.82) is 0 Å². The minimum absolute atomic E-state index is 0.00237. The zero-order valence-corrected chi connectivity index (χ0v) is 17.6. The maximum absolute atomic E-state index is 13.5. The largest absolute Gasteiger partial charge is 0.497 e. The Morgan fingerprint density at radius 3 is 2.52 bits per heavy atom. The number of amides is 1. The van der Waals surface area contributed by atoms with Gasteiger partial charge in [-0.25, -0.2) is 4.68 Å². The smallest absolute Gasteiger partial charge is 0.275 e. The summed E-state index contributed by atoms with van der Waals surface area (Å²) in [6, 6.07) is 23.7. The molecule has 0 fully saturated rings. The summed E-state index contributed by atoms with van der Waals surface area (Å²) in [5.74, 6) is 0.736. The Bertz CT molecular complexity index is 1210. The summed E-state index contributed by atoms with van der Waals surface area (Å²) >= 11 is 0. The number of benzene rings is 2. The van der Waals surface area contributed by atoms with E-state index in [2.05, 4.69) is 23.8 Å².